The predicted molar refractivity (Wildman–Crippen MR) is 85.1 cm³/mol. The molecule has 3 aliphatic rings. The molecule has 2 aliphatic carbocycles. The maximum Gasteiger partial charge on any atom is 0.0110 e. The van der Waals surface area contributed by atoms with Crippen molar-refractivity contribution in [2.45, 2.75) is 57.4 Å². The van der Waals surface area contributed by atoms with E-state index < -0.39 is 0 Å². The highest BCUT2D eigenvalue weighted by molar-refractivity contribution is 4.91. The number of piperazine rings is 1. The molecule has 3 nitrogen and oxygen atoms in total. The van der Waals surface area contributed by atoms with Crippen LogP contribution in [0.2, 0.25) is 0 Å². The first kappa shape index (κ1) is 14.8. The Morgan fingerprint density at radius 2 is 1.60 bits per heavy atom. The van der Waals surface area contributed by atoms with E-state index in [4.69, 9.17) is 0 Å². The number of likely N-dealkylation sites (N-methyl/N-ethyl adjacent to an activating group) is 1. The van der Waals surface area contributed by atoms with Crippen molar-refractivity contribution in [1.82, 2.24) is 15.1 Å². The Bertz CT molecular complexity index is 281. The van der Waals surface area contributed by atoms with Gasteiger partial charge in [-0.15, -0.1) is 0 Å². The standard InChI is InChI=1S/C17H33N3/c1-19-12-14-20(15-13-19)11-10-18-16-4-8-17(9-5-16)6-2-3-7-17/h16,18H,2-15H2,1H3. The van der Waals surface area contributed by atoms with E-state index in [2.05, 4.69) is 22.2 Å². The van der Waals surface area contributed by atoms with Crippen molar-refractivity contribution < 1.29 is 0 Å². The third kappa shape index (κ3) is 3.75. The largest absolute Gasteiger partial charge is 0.313 e. The van der Waals surface area contributed by atoms with Crippen LogP contribution in [0.3, 0.4) is 0 Å². The summed E-state index contributed by atoms with van der Waals surface area (Å²) in [4.78, 5) is 5.06. The fourth-order valence-corrected chi connectivity index (χ4v) is 4.56. The van der Waals surface area contributed by atoms with Gasteiger partial charge in [0.2, 0.25) is 0 Å². The molecule has 3 heteroatoms. The van der Waals surface area contributed by atoms with E-state index in [1.54, 1.807) is 0 Å². The molecule has 0 radical (unpaired) electrons. The molecule has 1 spiro atoms. The van der Waals surface area contributed by atoms with E-state index in [1.807, 2.05) is 0 Å². The quantitative estimate of drug-likeness (QED) is 0.852. The van der Waals surface area contributed by atoms with Crippen LogP contribution in [0.1, 0.15) is 51.4 Å². The van der Waals surface area contributed by atoms with Crippen LogP contribution in [0.4, 0.5) is 0 Å². The molecule has 1 saturated heterocycles. The smallest absolute Gasteiger partial charge is 0.0110 e. The molecule has 0 atom stereocenters. The van der Waals surface area contributed by atoms with Crippen molar-refractivity contribution in [2.75, 3.05) is 46.3 Å². The maximum atomic E-state index is 3.83. The minimum Gasteiger partial charge on any atom is -0.313 e. The fraction of sp³-hybridized carbons (Fsp3) is 1.00. The first-order valence-corrected chi connectivity index (χ1v) is 8.90. The Balaban J connectivity index is 1.30. The summed E-state index contributed by atoms with van der Waals surface area (Å²) in [6.45, 7) is 7.44. The average Bonchev–Trinajstić information content (AvgIpc) is 2.92. The van der Waals surface area contributed by atoms with Crippen LogP contribution in [0.5, 0.6) is 0 Å². The van der Waals surface area contributed by atoms with Gasteiger partial charge >= 0.3 is 0 Å². The van der Waals surface area contributed by atoms with Gasteiger partial charge in [-0.25, -0.2) is 0 Å². The summed E-state index contributed by atoms with van der Waals surface area (Å²) >= 11 is 0. The number of hydrogen-bond donors (Lipinski definition) is 1. The van der Waals surface area contributed by atoms with E-state index in [0.717, 1.165) is 11.5 Å². The molecule has 0 unspecified atom stereocenters. The summed E-state index contributed by atoms with van der Waals surface area (Å²) in [7, 11) is 2.23. The van der Waals surface area contributed by atoms with Crippen molar-refractivity contribution in [3.05, 3.63) is 0 Å². The number of nitrogens with one attached hydrogen (secondary N) is 1. The zero-order valence-electron chi connectivity index (χ0n) is 13.4. The lowest BCUT2D eigenvalue weighted by Gasteiger charge is -2.38. The van der Waals surface area contributed by atoms with E-state index in [9.17, 15) is 0 Å². The predicted octanol–water partition coefficient (Wildman–Crippen LogP) is 2.33. The van der Waals surface area contributed by atoms with Crippen molar-refractivity contribution in [3.63, 3.8) is 0 Å². The van der Waals surface area contributed by atoms with Crippen LogP contribution in [0.25, 0.3) is 0 Å². The second kappa shape index (κ2) is 6.76. The van der Waals surface area contributed by atoms with Crippen LogP contribution in [0, 0.1) is 5.41 Å². The zero-order chi connectivity index (χ0) is 13.8. The molecule has 3 fully saturated rings. The van der Waals surface area contributed by atoms with Crippen LogP contribution in [-0.2, 0) is 0 Å². The lowest BCUT2D eigenvalue weighted by Crippen LogP contribution is -2.47. The van der Waals surface area contributed by atoms with Crippen molar-refractivity contribution in [1.29, 1.82) is 0 Å². The normalized spacial score (nSPS) is 29.2. The minimum absolute atomic E-state index is 0.787. The van der Waals surface area contributed by atoms with Crippen LogP contribution >= 0.6 is 0 Å². The van der Waals surface area contributed by atoms with Gasteiger partial charge in [-0.1, -0.05) is 12.8 Å². The molecule has 0 aromatic heterocycles. The Morgan fingerprint density at radius 3 is 2.25 bits per heavy atom. The highest BCUT2D eigenvalue weighted by Crippen LogP contribution is 2.48. The van der Waals surface area contributed by atoms with Gasteiger partial charge < -0.3 is 10.2 Å². The molecular formula is C17H33N3. The maximum absolute atomic E-state index is 3.83. The average molecular weight is 279 g/mol. The van der Waals surface area contributed by atoms with Gasteiger partial charge in [0, 0.05) is 45.3 Å². The van der Waals surface area contributed by atoms with Gasteiger partial charge in [0.1, 0.15) is 0 Å². The molecule has 116 valence electrons. The molecule has 0 bridgehead atoms. The lowest BCUT2D eigenvalue weighted by molar-refractivity contribution is 0.144. The Kier molecular flexibility index (Phi) is 5.00. The van der Waals surface area contributed by atoms with Gasteiger partial charge in [0.15, 0.2) is 0 Å². The van der Waals surface area contributed by atoms with E-state index in [1.165, 1.54) is 90.6 Å². The molecule has 1 heterocycles. The monoisotopic (exact) mass is 279 g/mol. The van der Waals surface area contributed by atoms with E-state index in [-0.39, 0.29) is 0 Å². The number of hydrogen-bond acceptors (Lipinski definition) is 3. The summed E-state index contributed by atoms with van der Waals surface area (Å²) in [5, 5.41) is 3.83. The van der Waals surface area contributed by atoms with Crippen LogP contribution in [0.15, 0.2) is 0 Å². The van der Waals surface area contributed by atoms with Crippen molar-refractivity contribution in [2.24, 2.45) is 5.41 Å². The Morgan fingerprint density at radius 1 is 0.950 bits per heavy atom. The topological polar surface area (TPSA) is 18.5 Å². The van der Waals surface area contributed by atoms with Gasteiger partial charge in [-0.2, -0.15) is 0 Å². The van der Waals surface area contributed by atoms with Gasteiger partial charge in [-0.05, 0) is 51.0 Å². The molecule has 0 aromatic carbocycles. The van der Waals surface area contributed by atoms with Gasteiger partial charge in [-0.3, -0.25) is 4.90 Å². The summed E-state index contributed by atoms with van der Waals surface area (Å²) in [5.41, 5.74) is 0.787. The van der Waals surface area contributed by atoms with E-state index >= 15 is 0 Å². The van der Waals surface area contributed by atoms with Crippen molar-refractivity contribution >= 4 is 0 Å². The molecule has 1 N–H and O–H groups in total. The molecule has 1 aliphatic heterocycles. The summed E-state index contributed by atoms with van der Waals surface area (Å²) in [6, 6.07) is 0.814. The Hall–Kier alpha value is -0.120. The molecule has 0 amide bonds. The van der Waals surface area contributed by atoms with Gasteiger partial charge in [0.05, 0.1) is 0 Å². The molecule has 0 aromatic rings. The third-order valence-electron chi connectivity index (χ3n) is 6.17. The molecule has 3 rings (SSSR count). The first-order valence-electron chi connectivity index (χ1n) is 8.90. The molecular weight excluding hydrogens is 246 g/mol. The molecule has 20 heavy (non-hydrogen) atoms. The summed E-state index contributed by atoms with van der Waals surface area (Å²) in [6.07, 6.45) is 11.9. The fourth-order valence-electron chi connectivity index (χ4n) is 4.56. The molecule has 2 saturated carbocycles. The number of nitrogens with zero attached hydrogens (tertiary/aromatic N) is 2. The Labute approximate surface area is 125 Å². The van der Waals surface area contributed by atoms with Crippen LogP contribution in [-0.4, -0.2) is 62.2 Å². The van der Waals surface area contributed by atoms with Crippen LogP contribution < -0.4 is 5.32 Å². The van der Waals surface area contributed by atoms with Gasteiger partial charge in [0.25, 0.3) is 0 Å². The zero-order valence-corrected chi connectivity index (χ0v) is 13.4. The first-order chi connectivity index (χ1) is 9.76. The summed E-state index contributed by atoms with van der Waals surface area (Å²) < 4.78 is 0. The van der Waals surface area contributed by atoms with Crippen molar-refractivity contribution in [3.8, 4) is 0 Å². The second-order valence-corrected chi connectivity index (χ2v) is 7.58. The minimum atomic E-state index is 0.787. The summed E-state index contributed by atoms with van der Waals surface area (Å²) in [5.74, 6) is 0. The second-order valence-electron chi connectivity index (χ2n) is 7.58. The third-order valence-corrected chi connectivity index (χ3v) is 6.17. The highest BCUT2D eigenvalue weighted by atomic mass is 15.2. The lowest BCUT2D eigenvalue weighted by atomic mass is 9.71. The number of rotatable bonds is 4. The van der Waals surface area contributed by atoms with E-state index in [0.29, 0.717) is 0 Å². The SMILES string of the molecule is CN1CCN(CCNC2CCC3(CCCC3)CC2)CC1. The highest BCUT2D eigenvalue weighted by Gasteiger charge is 2.37.